The average molecular weight is 630 g/mol. The van der Waals surface area contributed by atoms with Gasteiger partial charge in [0.25, 0.3) is 15.9 Å². The molecular weight excluding hydrogens is 603 g/mol. The molecular formula is C28H26Cl2N6O5S. The summed E-state index contributed by atoms with van der Waals surface area (Å²) in [6.07, 6.45) is 3.59. The highest BCUT2D eigenvalue weighted by Gasteiger charge is 2.43. The van der Waals surface area contributed by atoms with E-state index >= 15 is 0 Å². The Labute approximate surface area is 251 Å². The van der Waals surface area contributed by atoms with Crippen molar-refractivity contribution in [2.45, 2.75) is 43.3 Å². The molecule has 2 aliphatic heterocycles. The monoisotopic (exact) mass is 628 g/mol. The van der Waals surface area contributed by atoms with E-state index in [4.69, 9.17) is 27.9 Å². The summed E-state index contributed by atoms with van der Waals surface area (Å²) >= 11 is 12.6. The van der Waals surface area contributed by atoms with Crippen LogP contribution in [0.5, 0.6) is 0 Å². The van der Waals surface area contributed by atoms with E-state index in [0.29, 0.717) is 48.3 Å². The van der Waals surface area contributed by atoms with Crippen molar-refractivity contribution in [3.8, 4) is 0 Å². The number of nitrogens with one attached hydrogen (secondary N) is 2. The smallest absolute Gasteiger partial charge is 0.269 e. The number of likely N-dealkylation sites (tertiary alicyclic amines) is 1. The van der Waals surface area contributed by atoms with Crippen LogP contribution in [0.3, 0.4) is 0 Å². The zero-order chi connectivity index (χ0) is 29.6. The van der Waals surface area contributed by atoms with Crippen molar-refractivity contribution in [1.29, 1.82) is 0 Å². The lowest BCUT2D eigenvalue weighted by molar-refractivity contribution is -0.119. The van der Waals surface area contributed by atoms with Crippen LogP contribution in [-0.4, -0.2) is 52.8 Å². The predicted octanol–water partition coefficient (Wildman–Crippen LogP) is 4.66. The lowest BCUT2D eigenvalue weighted by Gasteiger charge is -2.39. The molecule has 1 saturated heterocycles. The number of hydrogen-bond acceptors (Lipinski definition) is 8. The van der Waals surface area contributed by atoms with E-state index in [2.05, 4.69) is 27.5 Å². The van der Waals surface area contributed by atoms with Crippen LogP contribution in [0.4, 0.5) is 11.5 Å². The van der Waals surface area contributed by atoms with Crippen LogP contribution in [-0.2, 0) is 31.8 Å². The van der Waals surface area contributed by atoms with Gasteiger partial charge < -0.3 is 15.0 Å². The highest BCUT2D eigenvalue weighted by atomic mass is 35.5. The van der Waals surface area contributed by atoms with Gasteiger partial charge in [0.2, 0.25) is 5.91 Å². The first-order valence-electron chi connectivity index (χ1n) is 13.3. The van der Waals surface area contributed by atoms with E-state index in [-0.39, 0.29) is 34.3 Å². The highest BCUT2D eigenvalue weighted by molar-refractivity contribution is 7.90. The Balaban J connectivity index is 1.37. The summed E-state index contributed by atoms with van der Waals surface area (Å²) < 4.78 is 35.4. The predicted molar refractivity (Wildman–Crippen MR) is 156 cm³/mol. The Kier molecular flexibility index (Phi) is 7.34. The summed E-state index contributed by atoms with van der Waals surface area (Å²) in [7, 11) is -4.28. The summed E-state index contributed by atoms with van der Waals surface area (Å²) in [6.45, 7) is 2.95. The third-order valence-corrected chi connectivity index (χ3v) is 9.56. The molecule has 1 fully saturated rings. The summed E-state index contributed by atoms with van der Waals surface area (Å²) in [5.41, 5.74) is 2.33. The molecule has 4 heterocycles. The minimum Gasteiger partial charge on any atom is -0.365 e. The first kappa shape index (κ1) is 28.4. The number of sulfonamides is 1. The van der Waals surface area contributed by atoms with Gasteiger partial charge in [-0.1, -0.05) is 54.4 Å². The Morgan fingerprint density at radius 3 is 2.62 bits per heavy atom. The molecule has 2 aromatic carbocycles. The Morgan fingerprint density at radius 1 is 1.10 bits per heavy atom. The summed E-state index contributed by atoms with van der Waals surface area (Å²) in [6, 6.07) is 12.9. The lowest BCUT2D eigenvalue weighted by Crippen LogP contribution is -2.45. The molecule has 2 aromatic heterocycles. The molecule has 4 aromatic rings. The van der Waals surface area contributed by atoms with E-state index in [1.807, 2.05) is 16.9 Å². The molecule has 2 aliphatic rings. The maximum atomic E-state index is 14.0. The molecule has 0 bridgehead atoms. The van der Waals surface area contributed by atoms with E-state index in [9.17, 15) is 18.0 Å². The fourth-order valence-corrected chi connectivity index (χ4v) is 6.87. The molecule has 0 aliphatic carbocycles. The first-order chi connectivity index (χ1) is 20.1. The molecule has 2 N–H and O–H groups in total. The Bertz CT molecular complexity index is 1840. The van der Waals surface area contributed by atoms with Gasteiger partial charge in [0, 0.05) is 30.7 Å². The largest absolute Gasteiger partial charge is 0.365 e. The average Bonchev–Trinajstić information content (AvgIpc) is 3.58. The van der Waals surface area contributed by atoms with Crippen LogP contribution in [0.25, 0.3) is 5.65 Å². The van der Waals surface area contributed by atoms with Gasteiger partial charge in [0.15, 0.2) is 10.5 Å². The topological polar surface area (TPSA) is 135 Å². The number of anilines is 2. The Morgan fingerprint density at radius 2 is 1.86 bits per heavy atom. The lowest BCUT2D eigenvalue weighted by atomic mass is 9.83. The van der Waals surface area contributed by atoms with Gasteiger partial charge in [-0.25, -0.2) is 18.1 Å². The van der Waals surface area contributed by atoms with Crippen LogP contribution >= 0.6 is 23.2 Å². The molecule has 1 spiro atoms. The van der Waals surface area contributed by atoms with Gasteiger partial charge >= 0.3 is 0 Å². The molecule has 0 unspecified atom stereocenters. The maximum Gasteiger partial charge on any atom is 0.269 e. The van der Waals surface area contributed by atoms with Crippen LogP contribution in [0.15, 0.2) is 59.8 Å². The standard InChI is InChI=1S/C28H26Cl2N6O5S/c1-2-24(37)34-42(39,40)23-15-32-36-25(33-22-13-18(29)7-8-21(22)30)19(14-31-26(23)36)27(38)35-11-9-28(10-12-35)20-6-4-3-5-17(20)16-41-28/h3-8,13-15,33H,2,9-12,16H2,1H3,(H,34,37). The number of ether oxygens (including phenoxy) is 1. The van der Waals surface area contributed by atoms with Crippen molar-refractivity contribution < 1.29 is 22.7 Å². The maximum absolute atomic E-state index is 14.0. The second kappa shape index (κ2) is 10.8. The van der Waals surface area contributed by atoms with Crippen molar-refractivity contribution in [1.82, 2.24) is 24.2 Å². The van der Waals surface area contributed by atoms with Gasteiger partial charge in [-0.3, -0.25) is 9.59 Å². The number of piperidine rings is 1. The quantitative estimate of drug-likeness (QED) is 0.315. The number of nitrogens with zero attached hydrogens (tertiary/aromatic N) is 4. The fraction of sp³-hybridized carbons (Fsp3) is 0.286. The van der Waals surface area contributed by atoms with E-state index in [0.717, 1.165) is 11.8 Å². The number of carbonyl (C=O) groups is 2. The van der Waals surface area contributed by atoms with Crippen molar-refractivity contribution in [2.75, 3.05) is 18.4 Å². The minimum atomic E-state index is -4.28. The second-order valence-electron chi connectivity index (χ2n) is 10.1. The summed E-state index contributed by atoms with van der Waals surface area (Å²) in [5.74, 6) is -0.868. The van der Waals surface area contributed by atoms with Crippen LogP contribution < -0.4 is 10.0 Å². The van der Waals surface area contributed by atoms with Crippen LogP contribution in [0, 0.1) is 0 Å². The number of fused-ring (bicyclic) bond motifs is 3. The molecule has 218 valence electrons. The molecule has 14 heteroatoms. The summed E-state index contributed by atoms with van der Waals surface area (Å²) in [5, 5.41) is 8.05. The molecule has 0 radical (unpaired) electrons. The first-order valence-corrected chi connectivity index (χ1v) is 15.5. The molecule has 0 saturated carbocycles. The number of amides is 2. The third kappa shape index (κ3) is 4.98. The number of halogens is 2. The van der Waals surface area contributed by atoms with Gasteiger partial charge in [0.05, 0.1) is 29.1 Å². The van der Waals surface area contributed by atoms with Gasteiger partial charge in [0.1, 0.15) is 11.4 Å². The van der Waals surface area contributed by atoms with E-state index in [1.54, 1.807) is 23.1 Å². The molecule has 6 rings (SSSR count). The SMILES string of the molecule is CCC(=O)NS(=O)(=O)c1cnn2c(Nc3cc(Cl)ccc3Cl)c(C(=O)N3CCC4(CC3)OCc3ccccc34)cnc12. The van der Waals surface area contributed by atoms with Crippen molar-refractivity contribution in [3.63, 3.8) is 0 Å². The molecule has 42 heavy (non-hydrogen) atoms. The zero-order valence-electron chi connectivity index (χ0n) is 22.4. The molecule has 11 nitrogen and oxygen atoms in total. The highest BCUT2D eigenvalue weighted by Crippen LogP contribution is 2.44. The second-order valence-corrected chi connectivity index (χ2v) is 12.6. The molecule has 2 amide bonds. The fourth-order valence-electron chi connectivity index (χ4n) is 5.41. The van der Waals surface area contributed by atoms with Crippen molar-refractivity contribution in [3.05, 3.63) is 81.6 Å². The van der Waals surface area contributed by atoms with Crippen molar-refractivity contribution >= 4 is 62.2 Å². The van der Waals surface area contributed by atoms with Crippen molar-refractivity contribution in [2.24, 2.45) is 0 Å². The van der Waals surface area contributed by atoms with Gasteiger partial charge in [-0.15, -0.1) is 0 Å². The van der Waals surface area contributed by atoms with Gasteiger partial charge in [-0.2, -0.15) is 9.61 Å². The van der Waals surface area contributed by atoms with Crippen LogP contribution in [0.2, 0.25) is 10.0 Å². The number of carbonyl (C=O) groups excluding carboxylic acids is 2. The number of benzene rings is 2. The van der Waals surface area contributed by atoms with Crippen LogP contribution in [0.1, 0.15) is 47.7 Å². The normalized spacial score (nSPS) is 16.0. The number of rotatable bonds is 6. The zero-order valence-corrected chi connectivity index (χ0v) is 24.8. The third-order valence-electron chi connectivity index (χ3n) is 7.64. The van der Waals surface area contributed by atoms with E-state index < -0.39 is 21.5 Å². The minimum absolute atomic E-state index is 0.0294. The van der Waals surface area contributed by atoms with Gasteiger partial charge in [-0.05, 0) is 42.2 Å². The van der Waals surface area contributed by atoms with E-state index in [1.165, 1.54) is 23.2 Å². The molecule has 0 atom stereocenters. The number of aromatic nitrogens is 3. The summed E-state index contributed by atoms with van der Waals surface area (Å²) in [4.78, 5) is 31.5. The Hall–Kier alpha value is -3.71. The number of hydrogen-bond donors (Lipinski definition) is 2.